The minimum Gasteiger partial charge on any atom is -0.494 e. The Balaban J connectivity index is 1.34. The number of piperazine rings is 1. The van der Waals surface area contributed by atoms with Crippen LogP contribution in [0.2, 0.25) is 0 Å². The van der Waals surface area contributed by atoms with E-state index >= 15 is 8.78 Å². The number of benzene rings is 2. The van der Waals surface area contributed by atoms with Crippen molar-refractivity contribution in [1.29, 1.82) is 0 Å². The second-order valence-corrected chi connectivity index (χ2v) is 12.9. The van der Waals surface area contributed by atoms with Gasteiger partial charge >= 0.3 is 6.18 Å². The van der Waals surface area contributed by atoms with Crippen molar-refractivity contribution >= 4 is 11.8 Å². The average Bonchev–Trinajstić information content (AvgIpc) is 3.47. The van der Waals surface area contributed by atoms with Gasteiger partial charge < -0.3 is 9.64 Å². The molecule has 0 N–H and O–H groups in total. The molecule has 2 aromatic heterocycles. The largest absolute Gasteiger partial charge is 0.494 e. The number of aromatic nitrogens is 2. The van der Waals surface area contributed by atoms with Crippen molar-refractivity contribution in [3.05, 3.63) is 111 Å². The van der Waals surface area contributed by atoms with Gasteiger partial charge in [-0.1, -0.05) is 18.2 Å². The van der Waals surface area contributed by atoms with E-state index in [9.17, 15) is 18.0 Å². The molecule has 0 bridgehead atoms. The maximum atomic E-state index is 15.7. The SMILES string of the molecule is COc1cccc(-c2c(C)c(Cc3c(F)cccc3C(F)(F)F)c3n(c2=O)C(CN2CCN(CCc4ccncc4)CC2)CS3)c1F. The molecule has 0 saturated carbocycles. The van der Waals surface area contributed by atoms with E-state index in [0.29, 0.717) is 28.5 Å². The Morgan fingerprint density at radius 2 is 1.66 bits per heavy atom. The first-order valence-corrected chi connectivity index (χ1v) is 16.5. The van der Waals surface area contributed by atoms with Crippen LogP contribution in [0.15, 0.2) is 70.7 Å². The molecule has 0 aliphatic carbocycles. The summed E-state index contributed by atoms with van der Waals surface area (Å²) in [6.07, 6.45) is -0.678. The first-order chi connectivity index (χ1) is 22.6. The number of pyridine rings is 2. The summed E-state index contributed by atoms with van der Waals surface area (Å²) in [4.78, 5) is 23.1. The number of rotatable bonds is 9. The van der Waals surface area contributed by atoms with E-state index in [2.05, 4.69) is 14.8 Å². The topological polar surface area (TPSA) is 50.6 Å². The van der Waals surface area contributed by atoms with Crippen LogP contribution >= 0.6 is 11.8 Å². The normalized spacial score (nSPS) is 17.2. The Labute approximate surface area is 274 Å². The molecule has 1 saturated heterocycles. The van der Waals surface area contributed by atoms with E-state index in [4.69, 9.17) is 4.74 Å². The van der Waals surface area contributed by atoms with Crippen LogP contribution < -0.4 is 10.3 Å². The van der Waals surface area contributed by atoms with Crippen molar-refractivity contribution in [2.24, 2.45) is 0 Å². The molecule has 4 aromatic rings. The summed E-state index contributed by atoms with van der Waals surface area (Å²) in [5.74, 6) is -1.28. The number of methoxy groups -OCH3 is 1. The fourth-order valence-corrected chi connectivity index (χ4v) is 7.98. The van der Waals surface area contributed by atoms with Gasteiger partial charge in [-0.3, -0.25) is 19.2 Å². The molecule has 1 atom stereocenters. The van der Waals surface area contributed by atoms with E-state index in [-0.39, 0.29) is 22.9 Å². The number of ether oxygens (including phenoxy) is 1. The van der Waals surface area contributed by atoms with Crippen molar-refractivity contribution in [2.45, 2.75) is 37.0 Å². The predicted molar refractivity (Wildman–Crippen MR) is 172 cm³/mol. The zero-order chi connectivity index (χ0) is 33.3. The van der Waals surface area contributed by atoms with Crippen molar-refractivity contribution in [3.63, 3.8) is 0 Å². The van der Waals surface area contributed by atoms with Gasteiger partial charge in [0, 0.05) is 75.0 Å². The Morgan fingerprint density at radius 3 is 2.36 bits per heavy atom. The van der Waals surface area contributed by atoms with Crippen LogP contribution in [0.3, 0.4) is 0 Å². The molecule has 1 unspecified atom stereocenters. The summed E-state index contributed by atoms with van der Waals surface area (Å²) in [5.41, 5.74) is -0.0418. The molecule has 248 valence electrons. The zero-order valence-corrected chi connectivity index (χ0v) is 26.9. The third-order valence-electron chi connectivity index (χ3n) is 9.15. The summed E-state index contributed by atoms with van der Waals surface area (Å²) in [5, 5.41) is 0.497. The monoisotopic (exact) mass is 670 g/mol. The minimum atomic E-state index is -4.78. The summed E-state index contributed by atoms with van der Waals surface area (Å²) in [6.45, 7) is 6.38. The molecule has 4 heterocycles. The minimum absolute atomic E-state index is 0.00793. The lowest BCUT2D eigenvalue weighted by atomic mass is 9.92. The standard InChI is InChI=1S/C35H35F5N4O2S/c1-22-26(19-27-28(35(38,39)40)6-4-7-29(27)36)34-44(33(45)31(22)25-5-3-8-30(46-2)32(25)37)24(21-47-34)20-43-17-15-42(16-18-43)14-11-23-9-12-41-13-10-23/h3-10,12-13,24H,11,14-21H2,1-2H3. The second kappa shape index (κ2) is 13.8. The van der Waals surface area contributed by atoms with Crippen LogP contribution in [0.4, 0.5) is 22.0 Å². The van der Waals surface area contributed by atoms with Crippen LogP contribution in [-0.2, 0) is 19.0 Å². The third-order valence-corrected chi connectivity index (χ3v) is 10.4. The van der Waals surface area contributed by atoms with Crippen molar-refractivity contribution < 1.29 is 26.7 Å². The highest BCUT2D eigenvalue weighted by Gasteiger charge is 2.37. The number of hydrogen-bond acceptors (Lipinski definition) is 6. The van der Waals surface area contributed by atoms with Gasteiger partial charge in [-0.25, -0.2) is 8.78 Å². The molecule has 6 nitrogen and oxygen atoms in total. The Kier molecular flexibility index (Phi) is 9.72. The lowest BCUT2D eigenvalue weighted by molar-refractivity contribution is -0.138. The first kappa shape index (κ1) is 33.2. The molecule has 2 aliphatic rings. The Morgan fingerprint density at radius 1 is 0.957 bits per heavy atom. The summed E-state index contributed by atoms with van der Waals surface area (Å²) in [6, 6.07) is 11.1. The average molecular weight is 671 g/mol. The van der Waals surface area contributed by atoms with Gasteiger partial charge in [-0.15, -0.1) is 11.8 Å². The number of alkyl halides is 3. The van der Waals surface area contributed by atoms with Gasteiger partial charge in [0.15, 0.2) is 11.6 Å². The summed E-state index contributed by atoms with van der Waals surface area (Å²) < 4.78 is 79.7. The van der Waals surface area contributed by atoms with Gasteiger partial charge in [-0.2, -0.15) is 13.2 Å². The molecule has 0 amide bonds. The maximum absolute atomic E-state index is 15.7. The van der Waals surface area contributed by atoms with Crippen molar-refractivity contribution in [3.8, 4) is 16.9 Å². The molecular formula is C35H35F5N4O2S. The third kappa shape index (κ3) is 6.81. The Hall–Kier alpha value is -3.74. The van der Waals surface area contributed by atoms with E-state index < -0.39 is 40.9 Å². The lowest BCUT2D eigenvalue weighted by Crippen LogP contribution is -2.48. The molecule has 0 spiro atoms. The van der Waals surface area contributed by atoms with Crippen molar-refractivity contribution in [1.82, 2.24) is 19.4 Å². The fourth-order valence-electron chi connectivity index (χ4n) is 6.60. The van der Waals surface area contributed by atoms with Gasteiger partial charge in [0.05, 0.1) is 29.3 Å². The van der Waals surface area contributed by atoms with Crippen LogP contribution in [0, 0.1) is 18.6 Å². The Bertz CT molecular complexity index is 1810. The number of fused-ring (bicyclic) bond motifs is 1. The molecule has 2 aliphatic heterocycles. The molecule has 47 heavy (non-hydrogen) atoms. The number of nitrogens with zero attached hydrogens (tertiary/aromatic N) is 4. The van der Waals surface area contributed by atoms with Crippen LogP contribution in [0.25, 0.3) is 11.1 Å². The lowest BCUT2D eigenvalue weighted by Gasteiger charge is -2.36. The van der Waals surface area contributed by atoms with Crippen LogP contribution in [-0.4, -0.2) is 71.5 Å². The molecule has 0 radical (unpaired) electrons. The van der Waals surface area contributed by atoms with Gasteiger partial charge in [-0.05, 0) is 60.4 Å². The molecular weight excluding hydrogens is 635 g/mol. The van der Waals surface area contributed by atoms with E-state index in [1.807, 2.05) is 12.1 Å². The molecule has 2 aromatic carbocycles. The highest BCUT2D eigenvalue weighted by Crippen LogP contribution is 2.42. The highest BCUT2D eigenvalue weighted by atomic mass is 32.2. The fraction of sp³-hybridized carbons (Fsp3) is 0.371. The smallest absolute Gasteiger partial charge is 0.416 e. The van der Waals surface area contributed by atoms with Crippen LogP contribution in [0.1, 0.15) is 33.9 Å². The second-order valence-electron chi connectivity index (χ2n) is 11.9. The van der Waals surface area contributed by atoms with Gasteiger partial charge in [0.1, 0.15) is 5.82 Å². The first-order valence-electron chi connectivity index (χ1n) is 15.5. The van der Waals surface area contributed by atoms with Gasteiger partial charge in [0.2, 0.25) is 0 Å². The summed E-state index contributed by atoms with van der Waals surface area (Å²) in [7, 11) is 1.32. The quantitative estimate of drug-likeness (QED) is 0.187. The van der Waals surface area contributed by atoms with Gasteiger partial charge in [0.25, 0.3) is 5.56 Å². The number of halogens is 5. The number of thioether (sulfide) groups is 1. The predicted octanol–water partition coefficient (Wildman–Crippen LogP) is 6.62. The van der Waals surface area contributed by atoms with Crippen molar-refractivity contribution in [2.75, 3.05) is 52.1 Å². The number of hydrogen-bond donors (Lipinski definition) is 0. The maximum Gasteiger partial charge on any atom is 0.416 e. The van der Waals surface area contributed by atoms with E-state index in [1.165, 1.54) is 36.6 Å². The van der Waals surface area contributed by atoms with Crippen LogP contribution in [0.5, 0.6) is 5.75 Å². The van der Waals surface area contributed by atoms with E-state index in [1.54, 1.807) is 30.0 Å². The zero-order valence-electron chi connectivity index (χ0n) is 26.1. The van der Waals surface area contributed by atoms with E-state index in [0.717, 1.165) is 57.3 Å². The summed E-state index contributed by atoms with van der Waals surface area (Å²) >= 11 is 1.38. The molecule has 1 fully saturated rings. The molecule has 6 rings (SSSR count). The molecule has 12 heteroatoms. The highest BCUT2D eigenvalue weighted by molar-refractivity contribution is 7.99.